The van der Waals surface area contributed by atoms with E-state index in [9.17, 15) is 4.79 Å². The molecule has 1 N–H and O–H groups in total. The summed E-state index contributed by atoms with van der Waals surface area (Å²) >= 11 is 1.06. The van der Waals surface area contributed by atoms with Crippen LogP contribution < -0.4 is 14.9 Å². The van der Waals surface area contributed by atoms with E-state index in [0.29, 0.717) is 0 Å². The number of hydrazine groups is 1. The quantitative estimate of drug-likeness (QED) is 0.291. The molecule has 0 saturated heterocycles. The Labute approximate surface area is 199 Å². The lowest BCUT2D eigenvalue weighted by atomic mass is 10.0. The van der Waals surface area contributed by atoms with Gasteiger partial charge in [0.25, 0.3) is 0 Å². The van der Waals surface area contributed by atoms with Crippen molar-refractivity contribution < 1.29 is 18.5 Å². The predicted molar refractivity (Wildman–Crippen MR) is 136 cm³/mol. The van der Waals surface area contributed by atoms with Crippen LogP contribution in [-0.4, -0.2) is 31.6 Å². The lowest BCUT2D eigenvalue weighted by Crippen LogP contribution is -2.35. The van der Waals surface area contributed by atoms with E-state index in [2.05, 4.69) is 5.43 Å². The smallest absolute Gasteiger partial charge is 0.239 e. The van der Waals surface area contributed by atoms with Crippen molar-refractivity contribution in [3.63, 3.8) is 0 Å². The Balaban J connectivity index is 0. The molecule has 2 aromatic rings. The minimum atomic E-state index is -0.111. The molecule has 2 aromatic carbocycles. The van der Waals surface area contributed by atoms with E-state index in [1.165, 1.54) is 4.41 Å². The first-order valence-corrected chi connectivity index (χ1v) is 10.8. The SMILES string of the molecule is CC.CC.COSN(C)NC(=O)Cc1cc(C)c(Oc2ccc(OC)cc2)c(C)c1.S. The predicted octanol–water partition coefficient (Wildman–Crippen LogP) is 5.98. The Bertz CT molecular complexity index is 733. The summed E-state index contributed by atoms with van der Waals surface area (Å²) in [6.07, 6.45) is 0.277. The number of ether oxygens (including phenoxy) is 2. The fraction of sp³-hybridized carbons (Fsp3) is 0.435. The van der Waals surface area contributed by atoms with Crippen molar-refractivity contribution in [1.82, 2.24) is 9.84 Å². The molecule has 0 bridgehead atoms. The fourth-order valence-corrected chi connectivity index (χ4v) is 2.96. The topological polar surface area (TPSA) is 60.0 Å². The summed E-state index contributed by atoms with van der Waals surface area (Å²) in [6.45, 7) is 11.9. The average Bonchev–Trinajstić information content (AvgIpc) is 2.74. The molecule has 0 aromatic heterocycles. The lowest BCUT2D eigenvalue weighted by molar-refractivity contribution is -0.122. The molecule has 0 aliphatic carbocycles. The third-order valence-electron chi connectivity index (χ3n) is 3.63. The van der Waals surface area contributed by atoms with Gasteiger partial charge in [-0.25, -0.2) is 0 Å². The van der Waals surface area contributed by atoms with E-state index in [1.54, 1.807) is 21.3 Å². The molecule has 0 aliphatic rings. The number of hydrogen-bond donors (Lipinski definition) is 1. The Kier molecular flexibility index (Phi) is 18.0. The van der Waals surface area contributed by atoms with Gasteiger partial charge in [0, 0.05) is 7.05 Å². The Hall–Kier alpha value is -1.87. The molecule has 0 atom stereocenters. The van der Waals surface area contributed by atoms with Gasteiger partial charge in [0.2, 0.25) is 5.91 Å². The van der Waals surface area contributed by atoms with E-state index in [0.717, 1.165) is 46.2 Å². The molecule has 1 amide bonds. The van der Waals surface area contributed by atoms with Crippen molar-refractivity contribution in [3.8, 4) is 17.2 Å². The molecular weight excluding hydrogens is 432 g/mol. The van der Waals surface area contributed by atoms with Crippen LogP contribution in [0.3, 0.4) is 0 Å². The van der Waals surface area contributed by atoms with Gasteiger partial charge in [-0.05, 0) is 54.8 Å². The van der Waals surface area contributed by atoms with Gasteiger partial charge in [0.15, 0.2) is 0 Å². The zero-order chi connectivity index (χ0) is 23.1. The molecule has 0 aliphatic heterocycles. The number of benzene rings is 2. The van der Waals surface area contributed by atoms with Gasteiger partial charge in [-0.1, -0.05) is 39.8 Å². The van der Waals surface area contributed by atoms with E-state index in [-0.39, 0.29) is 25.8 Å². The van der Waals surface area contributed by atoms with Crippen LogP contribution in [0.15, 0.2) is 36.4 Å². The van der Waals surface area contributed by atoms with Crippen molar-refractivity contribution >= 4 is 31.6 Å². The third kappa shape index (κ3) is 11.4. The minimum absolute atomic E-state index is 0. The summed E-state index contributed by atoms with van der Waals surface area (Å²) in [5, 5.41) is 0. The van der Waals surface area contributed by atoms with Crippen molar-refractivity contribution in [3.05, 3.63) is 53.1 Å². The first kappa shape index (κ1) is 31.3. The largest absolute Gasteiger partial charge is 0.497 e. The Morgan fingerprint density at radius 3 is 1.90 bits per heavy atom. The van der Waals surface area contributed by atoms with E-state index < -0.39 is 0 Å². The monoisotopic (exact) mass is 470 g/mol. The zero-order valence-electron chi connectivity index (χ0n) is 20.2. The Morgan fingerprint density at radius 2 is 1.45 bits per heavy atom. The molecule has 0 heterocycles. The van der Waals surface area contributed by atoms with Crippen LogP contribution in [0, 0.1) is 13.8 Å². The molecule has 8 heteroatoms. The maximum atomic E-state index is 12.1. The van der Waals surface area contributed by atoms with Gasteiger partial charge >= 0.3 is 0 Å². The molecule has 0 spiro atoms. The number of nitrogens with one attached hydrogen (secondary N) is 1. The second kappa shape index (κ2) is 17.8. The maximum Gasteiger partial charge on any atom is 0.239 e. The molecule has 6 nitrogen and oxygen atoms in total. The summed E-state index contributed by atoms with van der Waals surface area (Å²) in [6, 6.07) is 11.4. The van der Waals surface area contributed by atoms with Gasteiger partial charge in [-0.15, -0.1) is 4.41 Å². The molecule has 2 rings (SSSR count). The van der Waals surface area contributed by atoms with Crippen molar-refractivity contribution in [1.29, 1.82) is 0 Å². The molecule has 176 valence electrons. The number of hydrogen-bond acceptors (Lipinski definition) is 6. The maximum absolute atomic E-state index is 12.1. The van der Waals surface area contributed by atoms with Crippen LogP contribution in [0.2, 0.25) is 0 Å². The van der Waals surface area contributed by atoms with E-state index in [1.807, 2.05) is 77.9 Å². The highest BCUT2D eigenvalue weighted by Gasteiger charge is 2.12. The lowest BCUT2D eigenvalue weighted by Gasteiger charge is -2.16. The number of aryl methyl sites for hydroxylation is 2. The number of amides is 1. The molecule has 0 radical (unpaired) electrons. The molecule has 31 heavy (non-hydrogen) atoms. The van der Waals surface area contributed by atoms with Gasteiger partial charge in [0.1, 0.15) is 29.5 Å². The normalized spacial score (nSPS) is 9.35. The highest BCUT2D eigenvalue weighted by Crippen LogP contribution is 2.31. The van der Waals surface area contributed by atoms with Gasteiger partial charge in [-0.3, -0.25) is 10.2 Å². The first-order chi connectivity index (χ1) is 14.4. The van der Waals surface area contributed by atoms with Crippen molar-refractivity contribution in [2.75, 3.05) is 21.3 Å². The molecule has 0 saturated carbocycles. The van der Waals surface area contributed by atoms with Crippen molar-refractivity contribution in [2.45, 2.75) is 48.0 Å². The number of rotatable bonds is 8. The van der Waals surface area contributed by atoms with Crippen LogP contribution in [-0.2, 0) is 15.4 Å². The minimum Gasteiger partial charge on any atom is -0.497 e. The van der Waals surface area contributed by atoms with Crippen LogP contribution in [0.5, 0.6) is 17.2 Å². The second-order valence-electron chi connectivity index (χ2n) is 5.79. The second-order valence-corrected chi connectivity index (χ2v) is 6.82. The summed E-state index contributed by atoms with van der Waals surface area (Å²) in [5.41, 5.74) is 5.60. The summed E-state index contributed by atoms with van der Waals surface area (Å²) in [5.74, 6) is 2.20. The van der Waals surface area contributed by atoms with Gasteiger partial charge in [0.05, 0.1) is 20.6 Å². The average molecular weight is 471 g/mol. The highest BCUT2D eigenvalue weighted by atomic mass is 32.2. The fourth-order valence-electron chi connectivity index (χ4n) is 2.60. The summed E-state index contributed by atoms with van der Waals surface area (Å²) < 4.78 is 17.6. The van der Waals surface area contributed by atoms with Crippen molar-refractivity contribution in [2.24, 2.45) is 0 Å². The van der Waals surface area contributed by atoms with Gasteiger partial charge in [-0.2, -0.15) is 13.5 Å². The third-order valence-corrected chi connectivity index (χ3v) is 4.10. The summed E-state index contributed by atoms with van der Waals surface area (Å²) in [4.78, 5) is 12.1. The highest BCUT2D eigenvalue weighted by molar-refractivity contribution is 7.92. The Morgan fingerprint density at radius 1 is 0.968 bits per heavy atom. The number of carbonyl (C=O) groups excluding carboxylic acids is 1. The number of methoxy groups -OCH3 is 1. The van der Waals surface area contributed by atoms with Crippen LogP contribution in [0.1, 0.15) is 44.4 Å². The standard InChI is InChI=1S/C19H24N2O4S.2C2H6.H2S/c1-13-10-15(12-18(22)20-21(3)26-24-5)11-14(2)19(13)25-17-8-6-16(23-4)7-9-17;2*1-2;/h6-11H,12H2,1-5H3,(H,20,22);2*1-2H3;1H2. The zero-order valence-corrected chi connectivity index (χ0v) is 22.0. The van der Waals surface area contributed by atoms with E-state index in [4.69, 9.17) is 13.7 Å². The van der Waals surface area contributed by atoms with Crippen LogP contribution in [0.4, 0.5) is 0 Å². The number of nitrogens with zero attached hydrogens (tertiary/aromatic N) is 1. The first-order valence-electron chi connectivity index (χ1n) is 10.1. The molecular formula is C23H38N2O4S2. The van der Waals surface area contributed by atoms with Gasteiger partial charge < -0.3 is 13.7 Å². The summed E-state index contributed by atoms with van der Waals surface area (Å²) in [7, 11) is 4.89. The molecule has 0 unspecified atom stereocenters. The number of carbonyl (C=O) groups is 1. The van der Waals surface area contributed by atoms with Crippen LogP contribution in [0.25, 0.3) is 0 Å². The van der Waals surface area contributed by atoms with E-state index >= 15 is 0 Å². The molecule has 0 fully saturated rings. The van der Waals surface area contributed by atoms with Crippen LogP contribution >= 0.6 is 25.7 Å².